The standard InChI is InChI=1S/C13H11NO2/c1-8-7-11-9(12(8)15)3-2-4-10(11)13-14-5-6-16-13/h2-6,8H,7H2,1H3. The van der Waals surface area contributed by atoms with Gasteiger partial charge in [0.15, 0.2) is 5.78 Å². The van der Waals surface area contributed by atoms with E-state index in [4.69, 9.17) is 4.42 Å². The molecule has 1 unspecified atom stereocenters. The molecular weight excluding hydrogens is 202 g/mol. The molecule has 0 saturated carbocycles. The summed E-state index contributed by atoms with van der Waals surface area (Å²) in [5.41, 5.74) is 2.84. The minimum Gasteiger partial charge on any atom is -0.445 e. The number of Topliss-reactive ketones (excluding diaryl/α,β-unsaturated/α-hetero) is 1. The Bertz CT molecular complexity index is 543. The zero-order valence-corrected chi connectivity index (χ0v) is 8.93. The molecule has 1 aromatic heterocycles. The van der Waals surface area contributed by atoms with Crippen LogP contribution >= 0.6 is 0 Å². The van der Waals surface area contributed by atoms with E-state index in [1.54, 1.807) is 12.5 Å². The molecule has 0 radical (unpaired) electrons. The molecule has 3 heteroatoms. The van der Waals surface area contributed by atoms with Crippen molar-refractivity contribution in [2.45, 2.75) is 13.3 Å². The Morgan fingerprint density at radius 1 is 1.38 bits per heavy atom. The van der Waals surface area contributed by atoms with Crippen molar-refractivity contribution >= 4 is 5.78 Å². The van der Waals surface area contributed by atoms with Crippen LogP contribution in [0.1, 0.15) is 22.8 Å². The first-order valence-corrected chi connectivity index (χ1v) is 5.33. The van der Waals surface area contributed by atoms with Crippen LogP contribution in [0.4, 0.5) is 0 Å². The van der Waals surface area contributed by atoms with E-state index in [1.807, 2.05) is 25.1 Å². The molecule has 0 bridgehead atoms. The van der Waals surface area contributed by atoms with E-state index >= 15 is 0 Å². The number of aromatic nitrogens is 1. The van der Waals surface area contributed by atoms with Crippen molar-refractivity contribution < 1.29 is 9.21 Å². The molecule has 1 aromatic carbocycles. The van der Waals surface area contributed by atoms with Crippen molar-refractivity contribution in [1.82, 2.24) is 4.98 Å². The van der Waals surface area contributed by atoms with Gasteiger partial charge in [-0.2, -0.15) is 0 Å². The van der Waals surface area contributed by atoms with Gasteiger partial charge in [0.2, 0.25) is 5.89 Å². The monoisotopic (exact) mass is 213 g/mol. The van der Waals surface area contributed by atoms with Gasteiger partial charge in [0.05, 0.1) is 6.20 Å². The number of ketones is 1. The van der Waals surface area contributed by atoms with Gasteiger partial charge < -0.3 is 4.42 Å². The fourth-order valence-electron chi connectivity index (χ4n) is 2.26. The normalized spacial score (nSPS) is 18.8. The third-order valence-electron chi connectivity index (χ3n) is 3.06. The molecular formula is C13H11NO2. The second-order valence-electron chi connectivity index (χ2n) is 4.14. The minimum atomic E-state index is 0.0751. The van der Waals surface area contributed by atoms with Gasteiger partial charge in [-0.15, -0.1) is 0 Å². The molecule has 0 saturated heterocycles. The Morgan fingerprint density at radius 2 is 2.19 bits per heavy atom. The van der Waals surface area contributed by atoms with Crippen molar-refractivity contribution in [2.24, 2.45) is 5.92 Å². The average Bonchev–Trinajstić information content (AvgIpc) is 2.89. The Balaban J connectivity index is 2.20. The maximum Gasteiger partial charge on any atom is 0.226 e. The predicted molar refractivity (Wildman–Crippen MR) is 59.1 cm³/mol. The van der Waals surface area contributed by atoms with E-state index in [1.165, 1.54) is 0 Å². The third-order valence-corrected chi connectivity index (χ3v) is 3.06. The van der Waals surface area contributed by atoms with E-state index in [0.717, 1.165) is 23.1 Å². The minimum absolute atomic E-state index is 0.0751. The van der Waals surface area contributed by atoms with Crippen LogP contribution in [0.25, 0.3) is 11.5 Å². The van der Waals surface area contributed by atoms with Crippen LogP contribution in [0.3, 0.4) is 0 Å². The maximum absolute atomic E-state index is 11.9. The summed E-state index contributed by atoms with van der Waals surface area (Å²) in [5, 5.41) is 0. The molecule has 1 aliphatic carbocycles. The first-order valence-electron chi connectivity index (χ1n) is 5.33. The summed E-state index contributed by atoms with van der Waals surface area (Å²) >= 11 is 0. The molecule has 0 aliphatic heterocycles. The van der Waals surface area contributed by atoms with E-state index in [-0.39, 0.29) is 11.7 Å². The smallest absolute Gasteiger partial charge is 0.226 e. The Kier molecular flexibility index (Phi) is 1.93. The van der Waals surface area contributed by atoms with Gasteiger partial charge in [0.1, 0.15) is 6.26 Å². The summed E-state index contributed by atoms with van der Waals surface area (Å²) in [7, 11) is 0. The van der Waals surface area contributed by atoms with Crippen molar-refractivity contribution in [3.05, 3.63) is 41.8 Å². The third kappa shape index (κ3) is 1.21. The molecule has 80 valence electrons. The van der Waals surface area contributed by atoms with Gasteiger partial charge in [-0.1, -0.05) is 19.1 Å². The fraction of sp³-hybridized carbons (Fsp3) is 0.231. The van der Waals surface area contributed by atoms with Crippen LogP contribution in [0, 0.1) is 5.92 Å². The van der Waals surface area contributed by atoms with Crippen LogP contribution in [0.5, 0.6) is 0 Å². The summed E-state index contributed by atoms with van der Waals surface area (Å²) < 4.78 is 5.29. The number of nitrogens with zero attached hydrogens (tertiary/aromatic N) is 1. The molecule has 0 spiro atoms. The zero-order chi connectivity index (χ0) is 11.1. The number of hydrogen-bond donors (Lipinski definition) is 0. The van der Waals surface area contributed by atoms with Gasteiger partial charge in [-0.05, 0) is 18.1 Å². The highest BCUT2D eigenvalue weighted by Crippen LogP contribution is 2.33. The van der Waals surface area contributed by atoms with Crippen molar-refractivity contribution in [2.75, 3.05) is 0 Å². The number of benzene rings is 1. The van der Waals surface area contributed by atoms with E-state index in [9.17, 15) is 4.79 Å². The Labute approximate surface area is 93.1 Å². The van der Waals surface area contributed by atoms with Crippen molar-refractivity contribution in [1.29, 1.82) is 0 Å². The Morgan fingerprint density at radius 3 is 2.94 bits per heavy atom. The molecule has 3 rings (SSSR count). The molecule has 0 fully saturated rings. The highest BCUT2D eigenvalue weighted by molar-refractivity contribution is 6.03. The number of hydrogen-bond acceptors (Lipinski definition) is 3. The molecule has 16 heavy (non-hydrogen) atoms. The number of rotatable bonds is 1. The van der Waals surface area contributed by atoms with Crippen LogP contribution in [0.2, 0.25) is 0 Å². The SMILES string of the molecule is CC1Cc2c(cccc2-c2ncco2)C1=O. The average molecular weight is 213 g/mol. The summed E-state index contributed by atoms with van der Waals surface area (Å²) in [6, 6.07) is 5.72. The van der Waals surface area contributed by atoms with E-state index in [2.05, 4.69) is 4.98 Å². The number of oxazole rings is 1. The van der Waals surface area contributed by atoms with E-state index in [0.29, 0.717) is 5.89 Å². The largest absolute Gasteiger partial charge is 0.445 e. The molecule has 1 atom stereocenters. The Hall–Kier alpha value is -1.90. The second kappa shape index (κ2) is 3.30. The van der Waals surface area contributed by atoms with Gasteiger partial charge >= 0.3 is 0 Å². The van der Waals surface area contributed by atoms with Crippen molar-refractivity contribution in [3.63, 3.8) is 0 Å². The fourth-order valence-corrected chi connectivity index (χ4v) is 2.26. The molecule has 1 aliphatic rings. The van der Waals surface area contributed by atoms with Crippen LogP contribution in [0.15, 0.2) is 35.1 Å². The highest BCUT2D eigenvalue weighted by atomic mass is 16.3. The number of carbonyl (C=O) groups excluding carboxylic acids is 1. The summed E-state index contributed by atoms with van der Waals surface area (Å²) in [5.74, 6) is 0.897. The van der Waals surface area contributed by atoms with Crippen LogP contribution in [-0.4, -0.2) is 10.8 Å². The van der Waals surface area contributed by atoms with Gasteiger partial charge in [0, 0.05) is 17.0 Å². The molecule has 0 amide bonds. The lowest BCUT2D eigenvalue weighted by Gasteiger charge is -2.02. The molecule has 2 aromatic rings. The van der Waals surface area contributed by atoms with Crippen molar-refractivity contribution in [3.8, 4) is 11.5 Å². The first-order chi connectivity index (χ1) is 7.77. The van der Waals surface area contributed by atoms with Gasteiger partial charge in [-0.3, -0.25) is 4.79 Å². The first kappa shape index (κ1) is 9.33. The summed E-state index contributed by atoms with van der Waals surface area (Å²) in [6.45, 7) is 1.96. The van der Waals surface area contributed by atoms with E-state index < -0.39 is 0 Å². The summed E-state index contributed by atoms with van der Waals surface area (Å²) in [6.07, 6.45) is 3.95. The maximum atomic E-state index is 11.9. The van der Waals surface area contributed by atoms with Gasteiger partial charge in [-0.25, -0.2) is 4.98 Å². The quantitative estimate of drug-likeness (QED) is 0.731. The molecule has 0 N–H and O–H groups in total. The lowest BCUT2D eigenvalue weighted by molar-refractivity contribution is 0.0946. The molecule has 3 nitrogen and oxygen atoms in total. The lowest BCUT2D eigenvalue weighted by atomic mass is 10.0. The lowest BCUT2D eigenvalue weighted by Crippen LogP contribution is -2.02. The number of fused-ring (bicyclic) bond motifs is 1. The van der Waals surface area contributed by atoms with Crippen LogP contribution in [-0.2, 0) is 6.42 Å². The summed E-state index contributed by atoms with van der Waals surface area (Å²) in [4.78, 5) is 16.0. The second-order valence-corrected chi connectivity index (χ2v) is 4.14. The highest BCUT2D eigenvalue weighted by Gasteiger charge is 2.29. The van der Waals surface area contributed by atoms with Crippen LogP contribution < -0.4 is 0 Å². The van der Waals surface area contributed by atoms with Gasteiger partial charge in [0.25, 0.3) is 0 Å². The molecule has 1 heterocycles. The predicted octanol–water partition coefficient (Wildman–Crippen LogP) is 2.72. The topological polar surface area (TPSA) is 43.1 Å². The zero-order valence-electron chi connectivity index (χ0n) is 8.93. The number of carbonyl (C=O) groups is 1.